The second kappa shape index (κ2) is 13.4. The highest BCUT2D eigenvalue weighted by Gasteiger charge is 2.35. The lowest BCUT2D eigenvalue weighted by molar-refractivity contribution is -0.147. The summed E-state index contributed by atoms with van der Waals surface area (Å²) in [5.41, 5.74) is 4.69. The van der Waals surface area contributed by atoms with E-state index in [4.69, 9.17) is 19.9 Å². The van der Waals surface area contributed by atoms with Crippen molar-refractivity contribution in [3.8, 4) is 11.5 Å². The van der Waals surface area contributed by atoms with E-state index < -0.39 is 52.6 Å². The smallest absolute Gasteiger partial charge is 0.321 e. The van der Waals surface area contributed by atoms with Crippen LogP contribution in [0.1, 0.15) is 100.0 Å². The number of benzene rings is 1. The molecule has 1 aromatic rings. The first-order valence-electron chi connectivity index (χ1n) is 13.5. The molecule has 0 amide bonds. The van der Waals surface area contributed by atoms with Gasteiger partial charge in [0.05, 0.1) is 23.9 Å². The maximum absolute atomic E-state index is 13.0. The van der Waals surface area contributed by atoms with Crippen LogP contribution in [0.4, 0.5) is 0 Å². The van der Waals surface area contributed by atoms with Gasteiger partial charge in [0.25, 0.3) is 0 Å². The minimum absolute atomic E-state index is 0.0150. The van der Waals surface area contributed by atoms with Gasteiger partial charge in [-0.1, -0.05) is 47.6 Å². The maximum Gasteiger partial charge on any atom is 0.321 e. The lowest BCUT2D eigenvalue weighted by atomic mass is 9.82. The fourth-order valence-corrected chi connectivity index (χ4v) is 3.52. The second-order valence-corrected chi connectivity index (χ2v) is 12.7. The summed E-state index contributed by atoms with van der Waals surface area (Å²) < 4.78 is 16.8. The summed E-state index contributed by atoms with van der Waals surface area (Å²) in [5, 5.41) is 9.75. The van der Waals surface area contributed by atoms with E-state index >= 15 is 0 Å². The molecule has 0 aliphatic rings. The zero-order valence-electron chi connectivity index (χ0n) is 25.2. The monoisotopic (exact) mass is 549 g/mol. The van der Waals surface area contributed by atoms with Gasteiger partial charge in [0.1, 0.15) is 6.04 Å². The molecule has 0 fully saturated rings. The van der Waals surface area contributed by atoms with Crippen molar-refractivity contribution < 1.29 is 38.5 Å². The normalized spacial score (nSPS) is 14.6. The van der Waals surface area contributed by atoms with E-state index in [1.165, 1.54) is 12.1 Å². The molecular weight excluding hydrogens is 502 g/mol. The molecule has 0 saturated carbocycles. The van der Waals surface area contributed by atoms with Gasteiger partial charge in [-0.15, -0.1) is 0 Å². The number of aliphatic carboxylic acids is 1. The summed E-state index contributed by atoms with van der Waals surface area (Å²) in [6.07, 6.45) is 1.24. The van der Waals surface area contributed by atoms with Gasteiger partial charge in [-0.05, 0) is 69.6 Å². The van der Waals surface area contributed by atoms with Crippen molar-refractivity contribution in [1.82, 2.24) is 0 Å². The third kappa shape index (κ3) is 9.95. The van der Waals surface area contributed by atoms with Crippen molar-refractivity contribution in [2.24, 2.45) is 27.9 Å². The molecule has 0 heterocycles. The predicted octanol–water partition coefficient (Wildman–Crippen LogP) is 5.48. The molecule has 0 spiro atoms. The van der Waals surface area contributed by atoms with Gasteiger partial charge in [0, 0.05) is 5.92 Å². The number of ether oxygens (including phenoxy) is 3. The first kappa shape index (κ1) is 34.1. The standard InChI is InChI=1S/C30H47NO8/c1-11-29(7,8)26(35)38-20-14-13-19(15-21(20)39-27(36)30(9,10)12-2)23(24(31)25(33)34)18(3)17-37-22(32)16-28(4,5)6/h13-15,18,23-24H,11-12,16-17,31H2,1-10H3,(H,33,34)/t18?,23?,24-/m0/s1. The topological polar surface area (TPSA) is 142 Å². The molecule has 3 N–H and O–H groups in total. The Bertz CT molecular complexity index is 1040. The van der Waals surface area contributed by atoms with Crippen molar-refractivity contribution in [2.45, 2.75) is 100 Å². The largest absolute Gasteiger partial charge is 0.480 e. The predicted molar refractivity (Wildman–Crippen MR) is 148 cm³/mol. The van der Waals surface area contributed by atoms with Crippen molar-refractivity contribution in [3.63, 3.8) is 0 Å². The number of hydrogen-bond donors (Lipinski definition) is 2. The Morgan fingerprint density at radius 3 is 1.79 bits per heavy atom. The van der Waals surface area contributed by atoms with E-state index in [0.29, 0.717) is 18.4 Å². The third-order valence-electron chi connectivity index (χ3n) is 7.10. The molecule has 0 aliphatic carbocycles. The molecule has 39 heavy (non-hydrogen) atoms. The highest BCUT2D eigenvalue weighted by molar-refractivity contribution is 5.82. The van der Waals surface area contributed by atoms with E-state index in [-0.39, 0.29) is 29.9 Å². The molecule has 1 rings (SSSR count). The first-order chi connectivity index (χ1) is 17.8. The molecule has 0 aromatic heterocycles. The Kier molecular flexibility index (Phi) is 11.7. The first-order valence-corrected chi connectivity index (χ1v) is 13.5. The quantitative estimate of drug-likeness (QED) is 0.241. The minimum atomic E-state index is -1.34. The fourth-order valence-electron chi connectivity index (χ4n) is 3.52. The number of carboxylic acids is 1. The summed E-state index contributed by atoms with van der Waals surface area (Å²) in [6, 6.07) is 3.20. The van der Waals surface area contributed by atoms with E-state index in [1.807, 2.05) is 34.6 Å². The molecule has 9 heteroatoms. The molecule has 2 unspecified atom stereocenters. The van der Waals surface area contributed by atoms with Crippen LogP contribution in [-0.4, -0.2) is 41.6 Å². The number of carbonyl (C=O) groups is 4. The van der Waals surface area contributed by atoms with Crippen LogP contribution in [0, 0.1) is 22.2 Å². The zero-order chi connectivity index (χ0) is 30.3. The maximum atomic E-state index is 13.0. The highest BCUT2D eigenvalue weighted by atomic mass is 16.6. The molecule has 0 aliphatic heterocycles. The molecule has 0 saturated heterocycles. The third-order valence-corrected chi connectivity index (χ3v) is 7.10. The van der Waals surface area contributed by atoms with Crippen LogP contribution in [0.2, 0.25) is 0 Å². The Hall–Kier alpha value is -2.94. The SMILES string of the molecule is CCC(C)(C)C(=O)Oc1ccc(C(C(C)COC(=O)CC(C)(C)C)[C@H](N)C(=O)O)cc1OC(=O)C(C)(C)CC. The lowest BCUT2D eigenvalue weighted by Gasteiger charge is -2.29. The van der Waals surface area contributed by atoms with E-state index in [9.17, 15) is 24.3 Å². The average molecular weight is 550 g/mol. The average Bonchev–Trinajstić information content (AvgIpc) is 2.82. The number of carboxylic acid groups (broad SMARTS) is 1. The van der Waals surface area contributed by atoms with Crippen LogP contribution in [-0.2, 0) is 23.9 Å². The molecule has 220 valence electrons. The molecule has 3 atom stereocenters. The summed E-state index contributed by atoms with van der Waals surface area (Å²) in [6.45, 7) is 18.1. The number of rotatable bonds is 13. The summed E-state index contributed by atoms with van der Waals surface area (Å²) in [5.74, 6) is -3.94. The van der Waals surface area contributed by atoms with Crippen LogP contribution in [0.15, 0.2) is 18.2 Å². The van der Waals surface area contributed by atoms with E-state index in [2.05, 4.69) is 0 Å². The number of esters is 3. The Morgan fingerprint density at radius 2 is 1.36 bits per heavy atom. The van der Waals surface area contributed by atoms with Crippen LogP contribution in [0.3, 0.4) is 0 Å². The van der Waals surface area contributed by atoms with Gasteiger partial charge in [0.15, 0.2) is 11.5 Å². The lowest BCUT2D eigenvalue weighted by Crippen LogP contribution is -2.40. The van der Waals surface area contributed by atoms with Gasteiger partial charge in [0.2, 0.25) is 0 Å². The van der Waals surface area contributed by atoms with Gasteiger partial charge < -0.3 is 25.1 Å². The molecule has 0 radical (unpaired) electrons. The summed E-state index contributed by atoms with van der Waals surface area (Å²) in [7, 11) is 0. The van der Waals surface area contributed by atoms with Crippen molar-refractivity contribution in [2.75, 3.05) is 6.61 Å². The van der Waals surface area contributed by atoms with Gasteiger partial charge >= 0.3 is 23.9 Å². The van der Waals surface area contributed by atoms with E-state index in [1.54, 1.807) is 40.7 Å². The van der Waals surface area contributed by atoms with Gasteiger partial charge in [-0.3, -0.25) is 19.2 Å². The number of carbonyl (C=O) groups excluding carboxylic acids is 3. The van der Waals surface area contributed by atoms with Gasteiger partial charge in [-0.2, -0.15) is 0 Å². The van der Waals surface area contributed by atoms with Crippen LogP contribution in [0.5, 0.6) is 11.5 Å². The minimum Gasteiger partial charge on any atom is -0.480 e. The van der Waals surface area contributed by atoms with Crippen molar-refractivity contribution >= 4 is 23.9 Å². The van der Waals surface area contributed by atoms with E-state index in [0.717, 1.165) is 0 Å². The summed E-state index contributed by atoms with van der Waals surface area (Å²) in [4.78, 5) is 50.0. The molecule has 1 aromatic carbocycles. The number of hydrogen-bond acceptors (Lipinski definition) is 8. The molecule has 0 bridgehead atoms. The van der Waals surface area contributed by atoms with Gasteiger partial charge in [-0.25, -0.2) is 0 Å². The second-order valence-electron chi connectivity index (χ2n) is 12.7. The molecule has 9 nitrogen and oxygen atoms in total. The van der Waals surface area contributed by atoms with Crippen LogP contribution >= 0.6 is 0 Å². The van der Waals surface area contributed by atoms with Crippen molar-refractivity contribution in [3.05, 3.63) is 23.8 Å². The highest BCUT2D eigenvalue weighted by Crippen LogP contribution is 2.38. The number of nitrogens with two attached hydrogens (primary N) is 1. The van der Waals surface area contributed by atoms with Crippen LogP contribution < -0.4 is 15.2 Å². The van der Waals surface area contributed by atoms with Crippen molar-refractivity contribution in [1.29, 1.82) is 0 Å². The zero-order valence-corrected chi connectivity index (χ0v) is 25.2. The van der Waals surface area contributed by atoms with Crippen LogP contribution in [0.25, 0.3) is 0 Å². The Balaban J connectivity index is 3.50. The Labute approximate surface area is 232 Å². The fraction of sp³-hybridized carbons (Fsp3) is 0.667. The molecular formula is C30H47NO8. The Morgan fingerprint density at radius 1 is 0.872 bits per heavy atom. The summed E-state index contributed by atoms with van der Waals surface area (Å²) >= 11 is 0.